The third kappa shape index (κ3) is 5.51. The first-order valence-electron chi connectivity index (χ1n) is 7.02. The fraction of sp³-hybridized carbons (Fsp3) is 0. The molecule has 0 aliphatic heterocycles. The molecule has 0 aliphatic carbocycles. The number of hydrogen-bond donors (Lipinski definition) is 2. The molecule has 0 aromatic heterocycles. The molecule has 3 N–H and O–H groups in total. The van der Waals surface area contributed by atoms with E-state index in [0.29, 0.717) is 5.69 Å². The molecule has 0 atom stereocenters. The molecule has 23 heavy (non-hydrogen) atoms. The van der Waals surface area contributed by atoms with Crippen LogP contribution < -0.4 is 11.1 Å². The maximum Gasteiger partial charge on any atom is 0.269 e. The third-order valence-electron chi connectivity index (χ3n) is 2.94. The number of para-hydroxylation sites is 2. The third-order valence-corrected chi connectivity index (χ3v) is 2.94. The maximum absolute atomic E-state index is 10.1. The van der Waals surface area contributed by atoms with Gasteiger partial charge in [-0.1, -0.05) is 36.4 Å². The number of nitro benzene ring substituents is 1. The summed E-state index contributed by atoms with van der Waals surface area (Å²) in [4.78, 5) is 9.62. The van der Waals surface area contributed by atoms with Gasteiger partial charge in [0.05, 0.1) is 4.92 Å². The van der Waals surface area contributed by atoms with Gasteiger partial charge in [-0.2, -0.15) is 0 Å². The van der Waals surface area contributed by atoms with Crippen LogP contribution in [0.2, 0.25) is 0 Å². The lowest BCUT2D eigenvalue weighted by atomic mass is 10.3. The largest absolute Gasteiger partial charge is 0.399 e. The minimum atomic E-state index is -0.459. The summed E-state index contributed by atoms with van der Waals surface area (Å²) in [5.74, 6) is 0. The summed E-state index contributed by atoms with van der Waals surface area (Å²) in [6.07, 6.45) is 0. The molecule has 3 aromatic rings. The Morgan fingerprint density at radius 1 is 0.739 bits per heavy atom. The second-order valence-electron chi connectivity index (χ2n) is 4.71. The second kappa shape index (κ2) is 8.19. The van der Waals surface area contributed by atoms with Crippen molar-refractivity contribution in [1.82, 2.24) is 0 Å². The number of non-ortho nitro benzene ring substituents is 1. The fourth-order valence-electron chi connectivity index (χ4n) is 1.81. The summed E-state index contributed by atoms with van der Waals surface area (Å²) in [6, 6.07) is 26.0. The zero-order valence-electron chi connectivity index (χ0n) is 12.4. The number of nitrogen functional groups attached to an aromatic ring is 1. The van der Waals surface area contributed by atoms with Crippen molar-refractivity contribution >= 4 is 22.7 Å². The lowest BCUT2D eigenvalue weighted by Crippen LogP contribution is -1.88. The number of nitrogens with two attached hydrogens (primary N) is 1. The van der Waals surface area contributed by atoms with E-state index in [1.807, 2.05) is 60.7 Å². The zero-order valence-corrected chi connectivity index (χ0v) is 12.4. The van der Waals surface area contributed by atoms with Gasteiger partial charge < -0.3 is 11.1 Å². The molecule has 0 amide bonds. The van der Waals surface area contributed by atoms with Crippen molar-refractivity contribution in [3.63, 3.8) is 0 Å². The number of benzene rings is 3. The molecule has 0 saturated heterocycles. The molecule has 3 aromatic carbocycles. The van der Waals surface area contributed by atoms with Gasteiger partial charge in [0.25, 0.3) is 5.69 Å². The van der Waals surface area contributed by atoms with E-state index >= 15 is 0 Å². The number of anilines is 3. The summed E-state index contributed by atoms with van der Waals surface area (Å²) in [5.41, 5.74) is 8.14. The van der Waals surface area contributed by atoms with Crippen molar-refractivity contribution < 1.29 is 4.92 Å². The highest BCUT2D eigenvalue weighted by atomic mass is 16.6. The van der Waals surface area contributed by atoms with E-state index in [2.05, 4.69) is 5.32 Å². The molecule has 0 radical (unpaired) electrons. The lowest BCUT2D eigenvalue weighted by molar-refractivity contribution is -0.384. The number of rotatable bonds is 3. The van der Waals surface area contributed by atoms with Gasteiger partial charge in [-0.3, -0.25) is 10.1 Å². The van der Waals surface area contributed by atoms with E-state index in [-0.39, 0.29) is 5.69 Å². The second-order valence-corrected chi connectivity index (χ2v) is 4.71. The van der Waals surface area contributed by atoms with Gasteiger partial charge in [0.1, 0.15) is 0 Å². The Balaban J connectivity index is 0.000000174. The predicted octanol–water partition coefficient (Wildman–Crippen LogP) is 4.61. The van der Waals surface area contributed by atoms with Crippen LogP contribution >= 0.6 is 0 Å². The van der Waals surface area contributed by atoms with E-state index < -0.39 is 4.92 Å². The molecule has 0 bridgehead atoms. The van der Waals surface area contributed by atoms with E-state index in [0.717, 1.165) is 11.4 Å². The van der Waals surface area contributed by atoms with Gasteiger partial charge >= 0.3 is 0 Å². The van der Waals surface area contributed by atoms with Crippen LogP contribution in [0.4, 0.5) is 22.7 Å². The molecular weight excluding hydrogens is 290 g/mol. The Morgan fingerprint density at radius 3 is 1.57 bits per heavy atom. The van der Waals surface area contributed by atoms with E-state index in [9.17, 15) is 10.1 Å². The topological polar surface area (TPSA) is 81.2 Å². The van der Waals surface area contributed by atoms with Gasteiger partial charge in [-0.25, -0.2) is 0 Å². The molecule has 0 aliphatic rings. The van der Waals surface area contributed by atoms with Crippen LogP contribution in [0.5, 0.6) is 0 Å². The smallest absolute Gasteiger partial charge is 0.269 e. The molecule has 0 fully saturated rings. The first kappa shape index (κ1) is 16.0. The van der Waals surface area contributed by atoms with Crippen molar-refractivity contribution in [3.05, 3.63) is 95.0 Å². The standard InChI is InChI=1S/C12H11N.C6H6N2O2/c1-3-7-11(8-4-1)13-12-9-5-2-6-10-12;7-5-1-3-6(4-2-5)8(9)10/h1-10,13H;1-4H,7H2. The van der Waals surface area contributed by atoms with Crippen LogP contribution in [0.3, 0.4) is 0 Å². The summed E-state index contributed by atoms with van der Waals surface area (Å²) in [7, 11) is 0. The van der Waals surface area contributed by atoms with Gasteiger partial charge in [-0.05, 0) is 36.4 Å². The van der Waals surface area contributed by atoms with Gasteiger partial charge in [0.15, 0.2) is 0 Å². The van der Waals surface area contributed by atoms with Crippen LogP contribution in [0.15, 0.2) is 84.9 Å². The van der Waals surface area contributed by atoms with Crippen LogP contribution in [0.1, 0.15) is 0 Å². The Morgan fingerprint density at radius 2 is 1.17 bits per heavy atom. The van der Waals surface area contributed by atoms with Crippen molar-refractivity contribution in [2.24, 2.45) is 0 Å². The van der Waals surface area contributed by atoms with Crippen molar-refractivity contribution in [1.29, 1.82) is 0 Å². The number of nitrogens with one attached hydrogen (secondary N) is 1. The van der Waals surface area contributed by atoms with E-state index in [4.69, 9.17) is 5.73 Å². The average Bonchev–Trinajstić information content (AvgIpc) is 2.58. The first-order valence-corrected chi connectivity index (χ1v) is 7.02. The fourth-order valence-corrected chi connectivity index (χ4v) is 1.81. The Hall–Kier alpha value is -3.34. The molecule has 5 heteroatoms. The highest BCUT2D eigenvalue weighted by Gasteiger charge is 2.00. The summed E-state index contributed by atoms with van der Waals surface area (Å²) < 4.78 is 0. The summed E-state index contributed by atoms with van der Waals surface area (Å²) in [5, 5.41) is 13.4. The zero-order chi connectivity index (χ0) is 16.5. The summed E-state index contributed by atoms with van der Waals surface area (Å²) >= 11 is 0. The molecular formula is C18H17N3O2. The van der Waals surface area contributed by atoms with Crippen LogP contribution in [-0.4, -0.2) is 4.92 Å². The monoisotopic (exact) mass is 307 g/mol. The van der Waals surface area contributed by atoms with Crippen molar-refractivity contribution in [2.75, 3.05) is 11.1 Å². The highest BCUT2D eigenvalue weighted by molar-refractivity contribution is 5.58. The number of nitro groups is 1. The molecule has 0 saturated carbocycles. The molecule has 5 nitrogen and oxygen atoms in total. The number of nitrogens with zero attached hydrogens (tertiary/aromatic N) is 1. The summed E-state index contributed by atoms with van der Waals surface area (Å²) in [6.45, 7) is 0. The van der Waals surface area contributed by atoms with E-state index in [1.54, 1.807) is 0 Å². The van der Waals surface area contributed by atoms with Gasteiger partial charge in [0, 0.05) is 29.2 Å². The normalized spacial score (nSPS) is 9.39. The molecule has 0 unspecified atom stereocenters. The van der Waals surface area contributed by atoms with Gasteiger partial charge in [-0.15, -0.1) is 0 Å². The molecule has 116 valence electrons. The minimum absolute atomic E-state index is 0.0641. The highest BCUT2D eigenvalue weighted by Crippen LogP contribution is 2.14. The SMILES string of the molecule is Nc1ccc([N+](=O)[O-])cc1.c1ccc(Nc2ccccc2)cc1. The van der Waals surface area contributed by atoms with Crippen LogP contribution in [-0.2, 0) is 0 Å². The lowest BCUT2D eigenvalue weighted by Gasteiger charge is -2.04. The van der Waals surface area contributed by atoms with Crippen LogP contribution in [0.25, 0.3) is 0 Å². The predicted molar refractivity (Wildman–Crippen MR) is 93.7 cm³/mol. The Kier molecular flexibility index (Phi) is 5.71. The van der Waals surface area contributed by atoms with Crippen LogP contribution in [0, 0.1) is 10.1 Å². The van der Waals surface area contributed by atoms with Crippen molar-refractivity contribution in [3.8, 4) is 0 Å². The Bertz CT molecular complexity index is 692. The molecule has 0 spiro atoms. The van der Waals surface area contributed by atoms with Crippen molar-refractivity contribution in [2.45, 2.75) is 0 Å². The quantitative estimate of drug-likeness (QED) is 0.420. The molecule has 3 rings (SSSR count). The molecule has 0 heterocycles. The first-order chi connectivity index (χ1) is 11.1. The van der Waals surface area contributed by atoms with E-state index in [1.165, 1.54) is 24.3 Å². The maximum atomic E-state index is 10.1. The minimum Gasteiger partial charge on any atom is -0.399 e. The average molecular weight is 307 g/mol. The Labute approximate surface area is 134 Å². The van der Waals surface area contributed by atoms with Gasteiger partial charge in [0.2, 0.25) is 0 Å². The number of hydrogen-bond acceptors (Lipinski definition) is 4.